The number of morpholine rings is 1. The first kappa shape index (κ1) is 20.3. The number of ether oxygens (including phenoxy) is 4. The van der Waals surface area contributed by atoms with Crippen molar-refractivity contribution in [1.29, 1.82) is 0 Å². The highest BCUT2D eigenvalue weighted by atomic mass is 35.5. The van der Waals surface area contributed by atoms with Gasteiger partial charge in [-0.2, -0.15) is 0 Å². The Morgan fingerprint density at radius 3 is 2.93 bits per heavy atom. The molecule has 0 aromatic heterocycles. The van der Waals surface area contributed by atoms with Gasteiger partial charge in [-0.3, -0.25) is 4.79 Å². The van der Waals surface area contributed by atoms with Crippen LogP contribution in [0.15, 0.2) is 42.5 Å². The monoisotopic (exact) mass is 406 g/mol. The van der Waals surface area contributed by atoms with Gasteiger partial charge in [0.2, 0.25) is 12.7 Å². The quantitative estimate of drug-likeness (QED) is 0.795. The molecule has 1 saturated heterocycles. The van der Waals surface area contributed by atoms with E-state index in [2.05, 4.69) is 10.6 Å². The molecule has 2 aromatic carbocycles. The second kappa shape index (κ2) is 9.14. The number of hydrogen-bond donors (Lipinski definition) is 2. The number of anilines is 1. The normalized spacial score (nSPS) is 20.2. The van der Waals surface area contributed by atoms with Crippen LogP contribution in [-0.4, -0.2) is 38.0 Å². The highest BCUT2D eigenvalue weighted by molar-refractivity contribution is 5.95. The first-order valence-electron chi connectivity index (χ1n) is 8.96. The second-order valence-electron chi connectivity index (χ2n) is 6.50. The van der Waals surface area contributed by atoms with Crippen LogP contribution in [0.5, 0.6) is 17.2 Å². The van der Waals surface area contributed by atoms with Crippen molar-refractivity contribution >= 4 is 24.0 Å². The maximum atomic E-state index is 12.5. The van der Waals surface area contributed by atoms with Crippen LogP contribution in [-0.2, 0) is 16.1 Å². The van der Waals surface area contributed by atoms with Gasteiger partial charge in [-0.25, -0.2) is 0 Å². The third-order valence-electron chi connectivity index (χ3n) is 4.54. The van der Waals surface area contributed by atoms with E-state index in [9.17, 15) is 4.79 Å². The summed E-state index contributed by atoms with van der Waals surface area (Å²) in [5, 5.41) is 6.13. The summed E-state index contributed by atoms with van der Waals surface area (Å²) < 4.78 is 22.0. The fraction of sp³-hybridized carbons (Fsp3) is 0.350. The first-order chi connectivity index (χ1) is 13.2. The molecule has 2 aliphatic rings. The Hall–Kier alpha value is -2.48. The molecule has 0 aliphatic carbocycles. The lowest BCUT2D eigenvalue weighted by atomic mass is 10.1. The molecule has 2 heterocycles. The molecular weight excluding hydrogens is 384 g/mol. The minimum absolute atomic E-state index is 0. The highest BCUT2D eigenvalue weighted by Gasteiger charge is 2.28. The van der Waals surface area contributed by atoms with E-state index in [4.69, 9.17) is 18.9 Å². The molecule has 8 heteroatoms. The van der Waals surface area contributed by atoms with E-state index < -0.39 is 0 Å². The largest absolute Gasteiger partial charge is 0.489 e. The Kier molecular flexibility index (Phi) is 6.61. The summed E-state index contributed by atoms with van der Waals surface area (Å²) in [4.78, 5) is 12.5. The topological polar surface area (TPSA) is 78.1 Å². The summed E-state index contributed by atoms with van der Waals surface area (Å²) in [5.41, 5.74) is 1.68. The standard InChI is InChI=1S/C20H22N2O5.ClH/c1-13-19(21-7-8-24-13)20(23)22-15-4-2-3-14(9-15)11-25-16-5-6-17-18(10-16)27-12-26-17;/h2-6,9-10,13,19,21H,7-8,11-12H2,1H3,(H,22,23);1H/t13-,19+;/m1./s1. The highest BCUT2D eigenvalue weighted by Crippen LogP contribution is 2.35. The number of carbonyl (C=O) groups is 1. The van der Waals surface area contributed by atoms with Crippen molar-refractivity contribution < 1.29 is 23.7 Å². The molecular formula is C20H23ClN2O5. The summed E-state index contributed by atoms with van der Waals surface area (Å²) in [6.45, 7) is 3.81. The van der Waals surface area contributed by atoms with Crippen molar-refractivity contribution in [3.8, 4) is 17.2 Å². The molecule has 0 unspecified atom stereocenters. The van der Waals surface area contributed by atoms with Gasteiger partial charge in [0.25, 0.3) is 0 Å². The lowest BCUT2D eigenvalue weighted by Crippen LogP contribution is -2.53. The number of nitrogens with one attached hydrogen (secondary N) is 2. The molecule has 2 aromatic rings. The summed E-state index contributed by atoms with van der Waals surface area (Å²) >= 11 is 0. The van der Waals surface area contributed by atoms with Gasteiger partial charge in [0.15, 0.2) is 11.5 Å². The molecule has 7 nitrogen and oxygen atoms in total. The zero-order valence-corrected chi connectivity index (χ0v) is 16.3. The van der Waals surface area contributed by atoms with Crippen molar-refractivity contribution in [3.63, 3.8) is 0 Å². The number of fused-ring (bicyclic) bond motifs is 1. The van der Waals surface area contributed by atoms with Gasteiger partial charge in [0, 0.05) is 18.3 Å². The Morgan fingerprint density at radius 1 is 1.21 bits per heavy atom. The van der Waals surface area contributed by atoms with Gasteiger partial charge in [-0.15, -0.1) is 12.4 Å². The molecule has 28 heavy (non-hydrogen) atoms. The van der Waals surface area contributed by atoms with Gasteiger partial charge in [-0.1, -0.05) is 12.1 Å². The maximum Gasteiger partial charge on any atom is 0.244 e. The third kappa shape index (κ3) is 4.67. The van der Waals surface area contributed by atoms with E-state index in [-0.39, 0.29) is 37.3 Å². The molecule has 1 fully saturated rings. The van der Waals surface area contributed by atoms with Crippen molar-refractivity contribution in [3.05, 3.63) is 48.0 Å². The molecule has 0 radical (unpaired) electrons. The Balaban J connectivity index is 0.00000225. The molecule has 150 valence electrons. The van der Waals surface area contributed by atoms with E-state index in [0.29, 0.717) is 31.3 Å². The number of hydrogen-bond acceptors (Lipinski definition) is 6. The van der Waals surface area contributed by atoms with Gasteiger partial charge in [0.1, 0.15) is 18.4 Å². The number of amides is 1. The fourth-order valence-electron chi connectivity index (χ4n) is 3.12. The van der Waals surface area contributed by atoms with E-state index in [1.165, 1.54) is 0 Å². The smallest absolute Gasteiger partial charge is 0.244 e. The molecule has 2 N–H and O–H groups in total. The Morgan fingerprint density at radius 2 is 2.07 bits per heavy atom. The van der Waals surface area contributed by atoms with Crippen LogP contribution in [0.3, 0.4) is 0 Å². The Bertz CT molecular complexity index is 832. The fourth-order valence-corrected chi connectivity index (χ4v) is 3.12. The van der Waals surface area contributed by atoms with Crippen LogP contribution in [0.4, 0.5) is 5.69 Å². The van der Waals surface area contributed by atoms with Crippen LogP contribution >= 0.6 is 12.4 Å². The van der Waals surface area contributed by atoms with Crippen molar-refractivity contribution in [2.75, 3.05) is 25.3 Å². The van der Waals surface area contributed by atoms with Gasteiger partial charge < -0.3 is 29.6 Å². The second-order valence-corrected chi connectivity index (χ2v) is 6.50. The van der Waals surface area contributed by atoms with E-state index in [0.717, 1.165) is 17.0 Å². The zero-order chi connectivity index (χ0) is 18.6. The molecule has 2 atom stereocenters. The predicted octanol–water partition coefficient (Wildman–Crippen LogP) is 2.73. The van der Waals surface area contributed by atoms with E-state index >= 15 is 0 Å². The summed E-state index contributed by atoms with van der Waals surface area (Å²) in [6, 6.07) is 12.7. The van der Waals surface area contributed by atoms with E-state index in [1.807, 2.05) is 49.4 Å². The lowest BCUT2D eigenvalue weighted by Gasteiger charge is -2.29. The molecule has 0 bridgehead atoms. The zero-order valence-electron chi connectivity index (χ0n) is 15.5. The summed E-state index contributed by atoms with van der Waals surface area (Å²) in [7, 11) is 0. The number of carbonyl (C=O) groups excluding carboxylic acids is 1. The van der Waals surface area contributed by atoms with Gasteiger partial charge in [0.05, 0.1) is 12.7 Å². The molecule has 0 saturated carbocycles. The van der Waals surface area contributed by atoms with Gasteiger partial charge >= 0.3 is 0 Å². The minimum atomic E-state index is -0.354. The van der Waals surface area contributed by atoms with E-state index in [1.54, 1.807) is 0 Å². The first-order valence-corrected chi connectivity index (χ1v) is 8.96. The van der Waals surface area contributed by atoms with Crippen LogP contribution < -0.4 is 24.8 Å². The minimum Gasteiger partial charge on any atom is -0.489 e. The van der Waals surface area contributed by atoms with Crippen LogP contribution in [0.2, 0.25) is 0 Å². The summed E-state index contributed by atoms with van der Waals surface area (Å²) in [6.07, 6.45) is -0.156. The summed E-state index contributed by atoms with van der Waals surface area (Å²) in [5.74, 6) is 2.01. The molecule has 4 rings (SSSR count). The number of benzene rings is 2. The average Bonchev–Trinajstić information content (AvgIpc) is 3.15. The van der Waals surface area contributed by atoms with Crippen LogP contribution in [0, 0.1) is 0 Å². The van der Waals surface area contributed by atoms with Crippen molar-refractivity contribution in [2.45, 2.75) is 25.7 Å². The average molecular weight is 407 g/mol. The maximum absolute atomic E-state index is 12.5. The SMILES string of the molecule is C[C@H]1OCCN[C@@H]1C(=O)Nc1cccc(COc2ccc3c(c2)OCO3)c1.Cl. The predicted molar refractivity (Wildman–Crippen MR) is 106 cm³/mol. The number of halogens is 1. The van der Waals surface area contributed by atoms with Crippen LogP contribution in [0.25, 0.3) is 0 Å². The Labute approximate surface area is 169 Å². The van der Waals surface area contributed by atoms with Crippen LogP contribution in [0.1, 0.15) is 12.5 Å². The van der Waals surface area contributed by atoms with Crippen molar-refractivity contribution in [1.82, 2.24) is 5.32 Å². The lowest BCUT2D eigenvalue weighted by molar-refractivity contribution is -0.123. The molecule has 0 spiro atoms. The van der Waals surface area contributed by atoms with Gasteiger partial charge in [-0.05, 0) is 36.8 Å². The number of rotatable bonds is 5. The molecule has 1 amide bonds. The van der Waals surface area contributed by atoms with Crippen molar-refractivity contribution in [2.24, 2.45) is 0 Å². The third-order valence-corrected chi connectivity index (χ3v) is 4.54. The molecule has 2 aliphatic heterocycles.